The van der Waals surface area contributed by atoms with E-state index >= 15 is 0 Å². The molecule has 0 bridgehead atoms. The van der Waals surface area contributed by atoms with Gasteiger partial charge in [-0.3, -0.25) is 0 Å². The molecule has 3 heterocycles. The van der Waals surface area contributed by atoms with Crippen LogP contribution in [0.1, 0.15) is 11.1 Å². The van der Waals surface area contributed by atoms with Crippen LogP contribution in [0.5, 0.6) is 0 Å². The van der Waals surface area contributed by atoms with Crippen LogP contribution in [0, 0.1) is 0 Å². The first-order valence-corrected chi connectivity index (χ1v) is 12.9. The van der Waals surface area contributed by atoms with Crippen molar-refractivity contribution >= 4 is 27.0 Å². The fourth-order valence-electron chi connectivity index (χ4n) is 3.82. The molecule has 3 aliphatic rings. The van der Waals surface area contributed by atoms with E-state index in [-0.39, 0.29) is 0 Å². The quantitative estimate of drug-likeness (QED) is 0.602. The van der Waals surface area contributed by atoms with Gasteiger partial charge in [0, 0.05) is 0 Å². The van der Waals surface area contributed by atoms with E-state index in [0.29, 0.717) is 11.8 Å². The molecule has 5 rings (SSSR count). The van der Waals surface area contributed by atoms with Gasteiger partial charge < -0.3 is 0 Å². The second-order valence-electron chi connectivity index (χ2n) is 6.60. The second kappa shape index (κ2) is 6.11. The minimum atomic E-state index is -4.29. The molecule has 3 aliphatic heterocycles. The Hall–Kier alpha value is -2.32. The number of hydrogen-bond acceptors (Lipinski definition) is 10. The molecule has 0 aliphatic carbocycles. The minimum absolute atomic E-state index is 0.296. The van der Waals surface area contributed by atoms with Gasteiger partial charge >= 0.3 is 174 Å². The summed E-state index contributed by atoms with van der Waals surface area (Å²) in [4.78, 5) is 0. The van der Waals surface area contributed by atoms with Crippen molar-refractivity contribution in [2.24, 2.45) is 10.2 Å². The summed E-state index contributed by atoms with van der Waals surface area (Å²) in [5.41, 5.74) is 1.48. The Bertz CT molecular complexity index is 957. The van der Waals surface area contributed by atoms with Crippen LogP contribution in [-0.2, 0) is 27.1 Å². The maximum absolute atomic E-state index is 6.35. The first-order valence-electron chi connectivity index (χ1n) is 9.11. The number of nitrogens with zero attached hydrogens (tertiary/aromatic N) is 4. The van der Waals surface area contributed by atoms with Crippen molar-refractivity contribution in [1.29, 1.82) is 0 Å². The van der Waals surface area contributed by atoms with E-state index in [1.807, 2.05) is 60.7 Å². The van der Waals surface area contributed by atoms with Crippen LogP contribution in [0.3, 0.4) is 0 Å². The zero-order valence-corrected chi connectivity index (χ0v) is 18.7. The SMILES string of the molecule is COP12(OC)OC(c3ccccc3)=NN1P1(OC)(OC)OC(c3ccccc3)=NN21. The molecule has 0 unspecified atom stereocenters. The van der Waals surface area contributed by atoms with E-state index < -0.39 is 15.2 Å². The van der Waals surface area contributed by atoms with Crippen LogP contribution in [0.25, 0.3) is 0 Å². The van der Waals surface area contributed by atoms with Gasteiger partial charge in [-0.05, 0) is 0 Å². The van der Waals surface area contributed by atoms with E-state index in [2.05, 4.69) is 10.2 Å². The Morgan fingerprint density at radius 3 is 1.23 bits per heavy atom. The summed E-state index contributed by atoms with van der Waals surface area (Å²) in [6.07, 6.45) is 0. The predicted octanol–water partition coefficient (Wildman–Crippen LogP) is 4.23. The van der Waals surface area contributed by atoms with Crippen LogP contribution < -0.4 is 0 Å². The Morgan fingerprint density at radius 1 is 0.600 bits per heavy atom. The third kappa shape index (κ3) is 1.94. The fraction of sp³-hybridized carbons (Fsp3) is 0.222. The summed E-state index contributed by atoms with van der Waals surface area (Å²) in [6, 6.07) is 18.8. The molecule has 2 aromatic rings. The van der Waals surface area contributed by atoms with Crippen molar-refractivity contribution in [2.75, 3.05) is 28.4 Å². The average Bonchev–Trinajstić information content (AvgIpc) is 3.34. The summed E-state index contributed by atoms with van der Waals surface area (Å²) in [7, 11) is -2.67. The number of rotatable bonds is 6. The first-order chi connectivity index (χ1) is 14.5. The summed E-state index contributed by atoms with van der Waals surface area (Å²) >= 11 is 0. The number of hydrogen-bond donors (Lipinski definition) is 0. The van der Waals surface area contributed by atoms with Gasteiger partial charge in [-0.15, -0.1) is 0 Å². The summed E-state index contributed by atoms with van der Waals surface area (Å²) in [5, 5.41) is 9.35. The zero-order valence-electron chi connectivity index (χ0n) is 16.9. The molecule has 0 N–H and O–H groups in total. The Balaban J connectivity index is 1.70. The molecule has 1 fully saturated rings. The number of benzene rings is 2. The van der Waals surface area contributed by atoms with E-state index in [0.717, 1.165) is 11.1 Å². The van der Waals surface area contributed by atoms with Crippen molar-refractivity contribution in [3.8, 4) is 0 Å². The molecule has 12 heteroatoms. The summed E-state index contributed by atoms with van der Waals surface area (Å²) in [5.74, 6) is 0.592. The van der Waals surface area contributed by atoms with Gasteiger partial charge in [0.05, 0.1) is 0 Å². The van der Waals surface area contributed by atoms with Crippen molar-refractivity contribution in [2.45, 2.75) is 0 Å². The normalized spacial score (nSPS) is 26.1. The molecule has 1 saturated heterocycles. The molecular weight excluding hydrogens is 430 g/mol. The van der Waals surface area contributed by atoms with Crippen LogP contribution in [0.15, 0.2) is 70.9 Å². The van der Waals surface area contributed by atoms with Crippen LogP contribution in [-0.4, -0.2) is 49.3 Å². The Labute approximate surface area is 174 Å². The summed E-state index contributed by atoms with van der Waals surface area (Å²) < 4.78 is 39.4. The monoisotopic (exact) mass is 452 g/mol. The molecular formula is C18H22N4O6P2. The molecule has 0 saturated carbocycles. The van der Waals surface area contributed by atoms with Gasteiger partial charge in [-0.2, -0.15) is 0 Å². The zero-order chi connectivity index (χ0) is 21.1. The Morgan fingerprint density at radius 2 is 0.933 bits per heavy atom. The van der Waals surface area contributed by atoms with E-state index in [4.69, 9.17) is 27.1 Å². The molecule has 2 aromatic carbocycles. The predicted molar refractivity (Wildman–Crippen MR) is 114 cm³/mol. The number of fused-ring (bicyclic) bond motifs is 4. The van der Waals surface area contributed by atoms with Gasteiger partial charge in [-0.25, -0.2) is 0 Å². The summed E-state index contributed by atoms with van der Waals surface area (Å²) in [6.45, 7) is 0. The number of hydrazone groups is 2. The Kier molecular flexibility index (Phi) is 4.00. The standard InChI is InChI=1S/C18H22N4O6P2/c1-23-29(24-2)21(19-17(27-29)15-11-7-5-8-12-15)30(25-3,26-4)22(29)20-18(28-30)16-13-9-6-10-14-16/h5-14H,1-4H3. The molecule has 30 heavy (non-hydrogen) atoms. The van der Waals surface area contributed by atoms with Gasteiger partial charge in [0.15, 0.2) is 0 Å². The van der Waals surface area contributed by atoms with Gasteiger partial charge in [0.2, 0.25) is 0 Å². The van der Waals surface area contributed by atoms with Gasteiger partial charge in [-0.1, -0.05) is 0 Å². The van der Waals surface area contributed by atoms with Gasteiger partial charge in [0.1, 0.15) is 0 Å². The molecule has 160 valence electrons. The maximum atomic E-state index is 6.35. The third-order valence-electron chi connectivity index (χ3n) is 5.33. The molecule has 0 atom stereocenters. The van der Waals surface area contributed by atoms with Crippen LogP contribution in [0.2, 0.25) is 0 Å². The fourth-order valence-corrected chi connectivity index (χ4v) is 14.5. The van der Waals surface area contributed by atoms with E-state index in [9.17, 15) is 0 Å². The molecule has 0 amide bonds. The molecule has 0 spiro atoms. The van der Waals surface area contributed by atoms with E-state index in [1.54, 1.807) is 0 Å². The molecule has 10 nitrogen and oxygen atoms in total. The topological polar surface area (TPSA) is 86.6 Å². The third-order valence-corrected chi connectivity index (χ3v) is 15.1. The second-order valence-corrected chi connectivity index (χ2v) is 13.8. The van der Waals surface area contributed by atoms with Crippen LogP contribution in [0.4, 0.5) is 0 Å². The molecule has 0 radical (unpaired) electrons. The van der Waals surface area contributed by atoms with E-state index in [1.165, 1.54) is 37.5 Å². The van der Waals surface area contributed by atoms with Crippen molar-refractivity contribution in [3.63, 3.8) is 0 Å². The molecule has 0 aromatic heterocycles. The van der Waals surface area contributed by atoms with Crippen molar-refractivity contribution in [3.05, 3.63) is 71.8 Å². The first kappa shape index (κ1) is 19.6. The van der Waals surface area contributed by atoms with Gasteiger partial charge in [0.25, 0.3) is 0 Å². The van der Waals surface area contributed by atoms with Crippen molar-refractivity contribution < 1.29 is 27.1 Å². The van der Waals surface area contributed by atoms with Crippen molar-refractivity contribution in [1.82, 2.24) is 9.10 Å². The van der Waals surface area contributed by atoms with Crippen LogP contribution >= 0.6 is 15.2 Å². The average molecular weight is 452 g/mol.